The van der Waals surface area contributed by atoms with Gasteiger partial charge in [-0.15, -0.1) is 11.8 Å². The van der Waals surface area contributed by atoms with Crippen molar-refractivity contribution in [1.29, 1.82) is 0 Å². The zero-order valence-electron chi connectivity index (χ0n) is 9.50. The molecule has 0 aliphatic carbocycles. The Balaban J connectivity index is 2.85. The summed E-state index contributed by atoms with van der Waals surface area (Å²) in [6.07, 6.45) is 5.39. The lowest BCUT2D eigenvalue weighted by atomic mass is 9.95. The minimum Gasteiger partial charge on any atom is -0.325 e. The first-order valence-corrected chi connectivity index (χ1v) is 5.97. The van der Waals surface area contributed by atoms with Gasteiger partial charge in [0.25, 0.3) is 0 Å². The second-order valence-corrected chi connectivity index (χ2v) is 5.13. The Morgan fingerprint density at radius 1 is 1.47 bits per heavy atom. The molecule has 1 heterocycles. The molecule has 0 spiro atoms. The highest BCUT2D eigenvalue weighted by atomic mass is 32.2. The van der Waals surface area contributed by atoms with E-state index in [-0.39, 0.29) is 11.3 Å². The van der Waals surface area contributed by atoms with Crippen molar-refractivity contribution in [2.24, 2.45) is 5.41 Å². The first-order chi connectivity index (χ1) is 6.95. The third kappa shape index (κ3) is 3.23. The smallest absolute Gasteiger partial charge is 0.229 e. The molecule has 0 aliphatic rings. The molecule has 1 N–H and O–H groups in total. The summed E-state index contributed by atoms with van der Waals surface area (Å²) in [6, 6.07) is 1.81. The van der Waals surface area contributed by atoms with Crippen molar-refractivity contribution in [2.75, 3.05) is 11.6 Å². The molecule has 15 heavy (non-hydrogen) atoms. The molecule has 0 aromatic carbocycles. The summed E-state index contributed by atoms with van der Waals surface area (Å²) in [5.74, 6) is 0.0176. The number of carbonyl (C=O) groups is 1. The number of carbonyl (C=O) groups excluding carboxylic acids is 1. The minimum atomic E-state index is -0.376. The van der Waals surface area contributed by atoms with Crippen LogP contribution in [-0.4, -0.2) is 17.1 Å². The van der Waals surface area contributed by atoms with Gasteiger partial charge >= 0.3 is 0 Å². The van der Waals surface area contributed by atoms with Gasteiger partial charge in [-0.05, 0) is 12.3 Å². The van der Waals surface area contributed by atoms with E-state index in [1.807, 2.05) is 33.1 Å². The fraction of sp³-hybridized carbons (Fsp3) is 0.455. The number of thioether (sulfide) groups is 1. The van der Waals surface area contributed by atoms with Crippen LogP contribution in [0.2, 0.25) is 0 Å². The normalized spacial score (nSPS) is 11.2. The van der Waals surface area contributed by atoms with Crippen molar-refractivity contribution < 1.29 is 4.79 Å². The van der Waals surface area contributed by atoms with Crippen LogP contribution in [0.3, 0.4) is 0 Å². The monoisotopic (exact) mass is 224 g/mol. The molecule has 0 unspecified atom stereocenters. The van der Waals surface area contributed by atoms with Gasteiger partial charge in [0.05, 0.1) is 5.69 Å². The lowest BCUT2D eigenvalue weighted by Gasteiger charge is -2.18. The fourth-order valence-corrected chi connectivity index (χ4v) is 1.46. The van der Waals surface area contributed by atoms with Gasteiger partial charge in [-0.3, -0.25) is 9.78 Å². The van der Waals surface area contributed by atoms with E-state index in [4.69, 9.17) is 0 Å². The number of hydrogen-bond acceptors (Lipinski definition) is 3. The second-order valence-electron chi connectivity index (χ2n) is 4.28. The zero-order valence-corrected chi connectivity index (χ0v) is 10.3. The Morgan fingerprint density at radius 2 is 2.13 bits per heavy atom. The van der Waals surface area contributed by atoms with E-state index >= 15 is 0 Å². The predicted octanol–water partition coefficient (Wildman–Crippen LogP) is 2.79. The van der Waals surface area contributed by atoms with Crippen molar-refractivity contribution >= 4 is 23.4 Å². The molecule has 4 heteroatoms. The van der Waals surface area contributed by atoms with Crippen molar-refractivity contribution in [2.45, 2.75) is 25.7 Å². The Hall–Kier alpha value is -1.03. The van der Waals surface area contributed by atoms with Crippen molar-refractivity contribution in [1.82, 2.24) is 4.98 Å². The molecule has 0 fully saturated rings. The van der Waals surface area contributed by atoms with E-state index in [1.54, 1.807) is 24.2 Å². The number of hydrogen-bond donors (Lipinski definition) is 1. The molecular formula is C11H16N2OS. The Bertz CT molecular complexity index is 358. The van der Waals surface area contributed by atoms with Crippen LogP contribution in [-0.2, 0) is 4.79 Å². The van der Waals surface area contributed by atoms with Crippen LogP contribution < -0.4 is 5.32 Å². The number of pyridine rings is 1. The molecule has 82 valence electrons. The molecule has 0 saturated heterocycles. The molecule has 0 aliphatic heterocycles. The summed E-state index contributed by atoms with van der Waals surface area (Å²) in [4.78, 5) is 16.8. The summed E-state index contributed by atoms with van der Waals surface area (Å²) in [5.41, 5.74) is 0.455. The van der Waals surface area contributed by atoms with Gasteiger partial charge in [0.15, 0.2) is 0 Å². The summed E-state index contributed by atoms with van der Waals surface area (Å²) in [7, 11) is 0. The van der Waals surface area contributed by atoms with Gasteiger partial charge in [-0.25, -0.2) is 0 Å². The van der Waals surface area contributed by atoms with E-state index in [0.29, 0.717) is 0 Å². The third-order valence-corrected chi connectivity index (χ3v) is 2.70. The molecule has 0 saturated carbocycles. The summed E-state index contributed by atoms with van der Waals surface area (Å²) in [6.45, 7) is 5.67. The van der Waals surface area contributed by atoms with E-state index in [9.17, 15) is 4.79 Å². The molecule has 1 aromatic rings. The number of nitrogens with zero attached hydrogens (tertiary/aromatic N) is 1. The van der Waals surface area contributed by atoms with Crippen molar-refractivity contribution in [3.63, 3.8) is 0 Å². The second kappa shape index (κ2) is 4.66. The van der Waals surface area contributed by atoms with Crippen LogP contribution in [0, 0.1) is 5.41 Å². The van der Waals surface area contributed by atoms with Gasteiger partial charge in [0, 0.05) is 22.7 Å². The first-order valence-electron chi connectivity index (χ1n) is 4.74. The number of aromatic nitrogens is 1. The summed E-state index contributed by atoms with van der Waals surface area (Å²) < 4.78 is 0. The van der Waals surface area contributed by atoms with Crippen molar-refractivity contribution in [3.8, 4) is 0 Å². The molecule has 0 atom stereocenters. The highest BCUT2D eigenvalue weighted by Gasteiger charge is 2.21. The number of anilines is 1. The molecule has 1 rings (SSSR count). The Kier molecular flexibility index (Phi) is 3.74. The average Bonchev–Trinajstić information content (AvgIpc) is 2.17. The lowest BCUT2D eigenvalue weighted by Crippen LogP contribution is -2.27. The molecule has 0 radical (unpaired) electrons. The maximum Gasteiger partial charge on any atom is 0.229 e. The quantitative estimate of drug-likeness (QED) is 0.785. The molecule has 3 nitrogen and oxygen atoms in total. The highest BCUT2D eigenvalue weighted by molar-refractivity contribution is 7.98. The van der Waals surface area contributed by atoms with Crippen LogP contribution in [0.5, 0.6) is 0 Å². The van der Waals surface area contributed by atoms with E-state index in [0.717, 1.165) is 10.6 Å². The summed E-state index contributed by atoms with van der Waals surface area (Å²) >= 11 is 1.57. The first kappa shape index (κ1) is 12.0. The zero-order chi connectivity index (χ0) is 11.5. The number of rotatable bonds is 2. The molecule has 1 amide bonds. The van der Waals surface area contributed by atoms with E-state index in [2.05, 4.69) is 10.3 Å². The van der Waals surface area contributed by atoms with Crippen LogP contribution in [0.1, 0.15) is 20.8 Å². The van der Waals surface area contributed by atoms with Gasteiger partial charge < -0.3 is 5.32 Å². The van der Waals surface area contributed by atoms with Gasteiger partial charge in [0.1, 0.15) is 0 Å². The largest absolute Gasteiger partial charge is 0.325 e. The molecular weight excluding hydrogens is 208 g/mol. The predicted molar refractivity (Wildman–Crippen MR) is 64.1 cm³/mol. The number of amides is 1. The average molecular weight is 224 g/mol. The molecule has 0 bridgehead atoms. The number of nitrogens with one attached hydrogen (secondary N) is 1. The van der Waals surface area contributed by atoms with Crippen LogP contribution >= 0.6 is 11.8 Å². The highest BCUT2D eigenvalue weighted by Crippen LogP contribution is 2.25. The fourth-order valence-electron chi connectivity index (χ4n) is 0.956. The van der Waals surface area contributed by atoms with Crippen molar-refractivity contribution in [3.05, 3.63) is 18.5 Å². The minimum absolute atomic E-state index is 0.0176. The standard InChI is InChI=1S/C11H16N2OS/c1-11(2,3)10(14)13-8-5-6-12-7-9(8)15-4/h5-7H,1-4H3,(H,12,13,14). The van der Waals surface area contributed by atoms with E-state index < -0.39 is 0 Å². The maximum atomic E-state index is 11.8. The Morgan fingerprint density at radius 3 is 2.67 bits per heavy atom. The van der Waals surface area contributed by atoms with Gasteiger partial charge in [-0.1, -0.05) is 20.8 Å². The van der Waals surface area contributed by atoms with E-state index in [1.165, 1.54) is 0 Å². The topological polar surface area (TPSA) is 42.0 Å². The lowest BCUT2D eigenvalue weighted by molar-refractivity contribution is -0.123. The van der Waals surface area contributed by atoms with Crippen LogP contribution in [0.25, 0.3) is 0 Å². The van der Waals surface area contributed by atoms with Gasteiger partial charge in [0.2, 0.25) is 5.91 Å². The third-order valence-electron chi connectivity index (χ3n) is 1.93. The SMILES string of the molecule is CSc1cnccc1NC(=O)C(C)(C)C. The van der Waals surface area contributed by atoms with Crippen LogP contribution in [0.4, 0.5) is 5.69 Å². The Labute approximate surface area is 94.7 Å². The van der Waals surface area contributed by atoms with Gasteiger partial charge in [-0.2, -0.15) is 0 Å². The summed E-state index contributed by atoms with van der Waals surface area (Å²) in [5, 5.41) is 2.90. The maximum absolute atomic E-state index is 11.8. The molecule has 1 aromatic heterocycles. The van der Waals surface area contributed by atoms with Crippen LogP contribution in [0.15, 0.2) is 23.4 Å².